The van der Waals surface area contributed by atoms with Crippen molar-refractivity contribution in [2.75, 3.05) is 13.1 Å². The highest BCUT2D eigenvalue weighted by Gasteiger charge is 2.26. The number of carbonyl (C=O) groups is 2. The Balaban J connectivity index is 0.000000222. The number of rotatable bonds is 8. The van der Waals surface area contributed by atoms with Crippen LogP contribution in [-0.2, 0) is 0 Å². The lowest BCUT2D eigenvalue weighted by Gasteiger charge is -2.33. The first-order valence-corrected chi connectivity index (χ1v) is 14.8. The number of nitrogens with one attached hydrogen (secondary N) is 2. The number of amides is 2. The molecule has 1 unspecified atom stereocenters. The van der Waals surface area contributed by atoms with Crippen molar-refractivity contribution in [2.24, 2.45) is 16.7 Å². The van der Waals surface area contributed by atoms with Gasteiger partial charge in [-0.05, 0) is 92.4 Å². The van der Waals surface area contributed by atoms with Crippen LogP contribution in [0.4, 0.5) is 0 Å². The zero-order valence-electron chi connectivity index (χ0n) is 25.1. The summed E-state index contributed by atoms with van der Waals surface area (Å²) in [5.74, 6) is 0.612. The van der Waals surface area contributed by atoms with Crippen molar-refractivity contribution >= 4 is 11.8 Å². The molecule has 6 nitrogen and oxygen atoms in total. The lowest BCUT2D eigenvalue weighted by Crippen LogP contribution is -2.26. The molecule has 2 aromatic rings. The molecule has 4 rings (SSSR count). The summed E-state index contributed by atoms with van der Waals surface area (Å²) in [4.78, 5) is 31.8. The summed E-state index contributed by atoms with van der Waals surface area (Å²) in [6.07, 6.45) is 17.1. The standard InChI is InChI=1S/C18H26N2O.C16H22N2O/c1-18(2,3)15-9-7-14(8-10-15)11-13-20-17(21)16-6-4-5-12-19-16;1-16(2)9-6-13(7-10-16)8-12-18-15(19)14-5-3-4-11-17-14/h4-7,12,15H,8-11,13H2,1-3H3,(H,20,21);3-6,11H,7-10,12H2,1-2H3,(H,18,19). The number of allylic oxidation sites excluding steroid dienone is 2. The van der Waals surface area contributed by atoms with E-state index in [1.54, 1.807) is 24.5 Å². The van der Waals surface area contributed by atoms with Gasteiger partial charge in [-0.2, -0.15) is 0 Å². The molecule has 6 heteroatoms. The summed E-state index contributed by atoms with van der Waals surface area (Å²) in [7, 11) is 0. The Bertz CT molecular complexity index is 1150. The molecular formula is C34H48N4O2. The molecule has 40 heavy (non-hydrogen) atoms. The zero-order valence-corrected chi connectivity index (χ0v) is 25.1. The molecule has 0 radical (unpaired) electrons. The van der Waals surface area contributed by atoms with Gasteiger partial charge in [0.05, 0.1) is 0 Å². The maximum Gasteiger partial charge on any atom is 0.269 e. The van der Waals surface area contributed by atoms with E-state index in [2.05, 4.69) is 67.4 Å². The molecule has 1 atom stereocenters. The third-order valence-electron chi connectivity index (χ3n) is 8.05. The van der Waals surface area contributed by atoms with Gasteiger partial charge in [-0.25, -0.2) is 0 Å². The highest BCUT2D eigenvalue weighted by atomic mass is 16.2. The third kappa shape index (κ3) is 10.7. The lowest BCUT2D eigenvalue weighted by molar-refractivity contribution is 0.0941. The van der Waals surface area contributed by atoms with Gasteiger partial charge in [0.15, 0.2) is 0 Å². The van der Waals surface area contributed by atoms with Gasteiger partial charge < -0.3 is 10.6 Å². The summed E-state index contributed by atoms with van der Waals surface area (Å²) >= 11 is 0. The molecule has 0 aliphatic heterocycles. The van der Waals surface area contributed by atoms with Crippen LogP contribution in [0.1, 0.15) is 107 Å². The Morgan fingerprint density at radius 1 is 0.850 bits per heavy atom. The minimum atomic E-state index is -0.0858. The second-order valence-electron chi connectivity index (χ2n) is 12.9. The molecule has 216 valence electrons. The van der Waals surface area contributed by atoms with Gasteiger partial charge in [0.25, 0.3) is 11.8 Å². The first-order valence-electron chi connectivity index (χ1n) is 14.8. The minimum absolute atomic E-state index is 0.0837. The second kappa shape index (κ2) is 14.9. The number of aromatic nitrogens is 2. The summed E-state index contributed by atoms with van der Waals surface area (Å²) < 4.78 is 0. The third-order valence-corrected chi connectivity index (χ3v) is 8.05. The number of hydrogen-bond donors (Lipinski definition) is 2. The van der Waals surface area contributed by atoms with E-state index in [9.17, 15) is 9.59 Å². The first-order chi connectivity index (χ1) is 19.0. The van der Waals surface area contributed by atoms with E-state index in [1.165, 1.54) is 36.8 Å². The minimum Gasteiger partial charge on any atom is -0.350 e. The maximum absolute atomic E-state index is 11.9. The fourth-order valence-electron chi connectivity index (χ4n) is 5.10. The van der Waals surface area contributed by atoms with E-state index < -0.39 is 0 Å². The predicted molar refractivity (Wildman–Crippen MR) is 163 cm³/mol. The number of pyridine rings is 2. The van der Waals surface area contributed by atoms with Crippen LogP contribution in [0.25, 0.3) is 0 Å². The highest BCUT2D eigenvalue weighted by molar-refractivity contribution is 5.92. The van der Waals surface area contributed by atoms with E-state index >= 15 is 0 Å². The smallest absolute Gasteiger partial charge is 0.269 e. The van der Waals surface area contributed by atoms with Gasteiger partial charge in [-0.3, -0.25) is 19.6 Å². The van der Waals surface area contributed by atoms with E-state index in [1.807, 2.05) is 24.3 Å². The Labute approximate surface area is 241 Å². The molecular weight excluding hydrogens is 496 g/mol. The monoisotopic (exact) mass is 544 g/mol. The molecule has 2 amide bonds. The molecule has 2 heterocycles. The van der Waals surface area contributed by atoms with Crippen LogP contribution >= 0.6 is 0 Å². The summed E-state index contributed by atoms with van der Waals surface area (Å²) in [6.45, 7) is 13.0. The average molecular weight is 545 g/mol. The fourth-order valence-corrected chi connectivity index (χ4v) is 5.10. The van der Waals surface area contributed by atoms with Crippen molar-refractivity contribution in [3.63, 3.8) is 0 Å². The Hall–Kier alpha value is -3.28. The van der Waals surface area contributed by atoms with Gasteiger partial charge in [0.2, 0.25) is 0 Å². The van der Waals surface area contributed by atoms with Crippen LogP contribution in [0.5, 0.6) is 0 Å². The summed E-state index contributed by atoms with van der Waals surface area (Å²) in [5, 5.41) is 5.87. The second-order valence-corrected chi connectivity index (χ2v) is 12.9. The highest BCUT2D eigenvalue weighted by Crippen LogP contribution is 2.37. The number of hydrogen-bond acceptors (Lipinski definition) is 4. The van der Waals surface area contributed by atoms with Crippen LogP contribution in [0.2, 0.25) is 0 Å². The fraction of sp³-hybridized carbons (Fsp3) is 0.529. The predicted octanol–water partition coefficient (Wildman–Crippen LogP) is 7.31. The van der Waals surface area contributed by atoms with Gasteiger partial charge in [-0.1, -0.05) is 70.0 Å². The normalized spacial score (nSPS) is 18.4. The first kappa shape index (κ1) is 31.3. The molecule has 0 fully saturated rings. The van der Waals surface area contributed by atoms with Crippen LogP contribution in [-0.4, -0.2) is 34.9 Å². The van der Waals surface area contributed by atoms with Crippen molar-refractivity contribution in [1.82, 2.24) is 20.6 Å². The van der Waals surface area contributed by atoms with Gasteiger partial charge in [0, 0.05) is 25.5 Å². The van der Waals surface area contributed by atoms with Crippen LogP contribution in [0, 0.1) is 16.7 Å². The molecule has 0 saturated carbocycles. The zero-order chi connectivity index (χ0) is 29.0. The summed E-state index contributed by atoms with van der Waals surface area (Å²) in [6, 6.07) is 10.8. The van der Waals surface area contributed by atoms with Crippen LogP contribution in [0.3, 0.4) is 0 Å². The van der Waals surface area contributed by atoms with Crippen LogP contribution < -0.4 is 10.6 Å². The van der Waals surface area contributed by atoms with E-state index in [-0.39, 0.29) is 11.8 Å². The largest absolute Gasteiger partial charge is 0.350 e. The van der Waals surface area contributed by atoms with Crippen molar-refractivity contribution in [1.29, 1.82) is 0 Å². The Kier molecular flexibility index (Phi) is 11.7. The molecule has 0 spiro atoms. The molecule has 2 N–H and O–H groups in total. The Morgan fingerprint density at radius 2 is 1.40 bits per heavy atom. The van der Waals surface area contributed by atoms with Crippen molar-refractivity contribution in [2.45, 2.75) is 86.0 Å². The van der Waals surface area contributed by atoms with Gasteiger partial charge in [0.1, 0.15) is 11.4 Å². The van der Waals surface area contributed by atoms with Crippen molar-refractivity contribution < 1.29 is 9.59 Å². The van der Waals surface area contributed by atoms with Gasteiger partial charge in [-0.15, -0.1) is 0 Å². The molecule has 2 aromatic heterocycles. The molecule has 2 aliphatic rings. The van der Waals surface area contributed by atoms with Gasteiger partial charge >= 0.3 is 0 Å². The SMILES string of the molecule is CC(C)(C)C1CC=C(CCNC(=O)c2ccccn2)CC1.CC1(C)CC=C(CCNC(=O)c2ccccn2)CC1. The number of carbonyl (C=O) groups excluding carboxylic acids is 2. The summed E-state index contributed by atoms with van der Waals surface area (Å²) in [5.41, 5.74) is 4.78. The van der Waals surface area contributed by atoms with E-state index in [4.69, 9.17) is 0 Å². The van der Waals surface area contributed by atoms with E-state index in [0.29, 0.717) is 35.3 Å². The van der Waals surface area contributed by atoms with Crippen LogP contribution in [0.15, 0.2) is 72.1 Å². The molecule has 0 bridgehead atoms. The maximum atomic E-state index is 11.9. The van der Waals surface area contributed by atoms with Crippen molar-refractivity contribution in [3.8, 4) is 0 Å². The Morgan fingerprint density at radius 3 is 1.80 bits per heavy atom. The quantitative estimate of drug-likeness (QED) is 0.341. The lowest BCUT2D eigenvalue weighted by atomic mass is 9.73. The van der Waals surface area contributed by atoms with E-state index in [0.717, 1.165) is 31.6 Å². The topological polar surface area (TPSA) is 84.0 Å². The number of nitrogens with zero attached hydrogens (tertiary/aromatic N) is 2. The van der Waals surface area contributed by atoms with Crippen molar-refractivity contribution in [3.05, 3.63) is 83.5 Å². The molecule has 0 aromatic carbocycles. The molecule has 0 saturated heterocycles. The average Bonchev–Trinajstić information content (AvgIpc) is 2.95. The molecule has 2 aliphatic carbocycles.